The van der Waals surface area contributed by atoms with Crippen LogP contribution >= 0.6 is 0 Å². The number of halogens is 2. The zero-order chi connectivity index (χ0) is 9.78. The second-order valence-electron chi connectivity index (χ2n) is 3.19. The Labute approximate surface area is 74.7 Å². The van der Waals surface area contributed by atoms with Gasteiger partial charge in [0.1, 0.15) is 19.4 Å². The molecule has 0 saturated heterocycles. The maximum absolute atomic E-state index is 13.4. The largest absolute Gasteiger partial charge is 0.215 e. The Hall–Kier alpha value is -0.183. The lowest BCUT2D eigenvalue weighted by atomic mass is 10.7. The maximum atomic E-state index is 13.4. The minimum absolute atomic E-state index is 0.421. The Morgan fingerprint density at radius 1 is 1.00 bits per heavy atom. The molecule has 12 heavy (non-hydrogen) atoms. The summed E-state index contributed by atoms with van der Waals surface area (Å²) in [5.74, 6) is -0.604. The van der Waals surface area contributed by atoms with Gasteiger partial charge in [-0.2, -0.15) is 0 Å². The summed E-state index contributed by atoms with van der Waals surface area (Å²) < 4.78 is 26.1. The van der Waals surface area contributed by atoms with Gasteiger partial charge in [-0.1, -0.05) is 38.9 Å². The Bertz CT molecular complexity index is 159. The second-order valence-corrected chi connectivity index (χ2v) is 8.31. The summed E-state index contributed by atoms with van der Waals surface area (Å²) in [7, 11) is -2.05. The summed E-state index contributed by atoms with van der Waals surface area (Å²) in [6, 6.07) is 2.40. The van der Waals surface area contributed by atoms with Crippen molar-refractivity contribution in [3.63, 3.8) is 0 Å². The van der Waals surface area contributed by atoms with E-state index < -0.39 is 19.4 Å². The van der Waals surface area contributed by atoms with Crippen LogP contribution in [0.2, 0.25) is 18.1 Å². The molecule has 0 aromatic heterocycles. The van der Waals surface area contributed by atoms with E-state index in [2.05, 4.69) is 0 Å². The first kappa shape index (κ1) is 11.8. The van der Waals surface area contributed by atoms with E-state index in [1.807, 2.05) is 20.8 Å². The molecular weight excluding hydrogens is 174 g/mol. The van der Waals surface area contributed by atoms with Gasteiger partial charge in [0.25, 0.3) is 0 Å². The van der Waals surface area contributed by atoms with Crippen molar-refractivity contribution in [2.24, 2.45) is 0 Å². The highest BCUT2D eigenvalue weighted by atomic mass is 28.3. The summed E-state index contributed by atoms with van der Waals surface area (Å²) in [4.78, 5) is 0. The van der Waals surface area contributed by atoms with Gasteiger partial charge >= 0.3 is 0 Å². The van der Waals surface area contributed by atoms with Crippen molar-refractivity contribution in [3.05, 3.63) is 11.3 Å². The van der Waals surface area contributed by atoms with Gasteiger partial charge in [-0.25, -0.2) is 8.78 Å². The van der Waals surface area contributed by atoms with Crippen LogP contribution in [-0.2, 0) is 0 Å². The van der Waals surface area contributed by atoms with Crippen molar-refractivity contribution in [1.82, 2.24) is 0 Å². The molecule has 3 heteroatoms. The lowest BCUT2D eigenvalue weighted by Gasteiger charge is -2.25. The Balaban J connectivity index is 4.84. The average molecular weight is 192 g/mol. The van der Waals surface area contributed by atoms with Crippen molar-refractivity contribution >= 4 is 8.07 Å². The monoisotopic (exact) mass is 192 g/mol. The molecule has 0 bridgehead atoms. The third-order valence-corrected chi connectivity index (χ3v) is 8.13. The molecule has 0 spiro atoms. The highest BCUT2D eigenvalue weighted by Crippen LogP contribution is 2.31. The predicted octanol–water partition coefficient (Wildman–Crippen LogP) is 4.20. The van der Waals surface area contributed by atoms with Crippen molar-refractivity contribution in [2.45, 2.75) is 45.8 Å². The molecule has 0 unspecified atom stereocenters. The van der Waals surface area contributed by atoms with E-state index in [9.17, 15) is 8.78 Å². The minimum Gasteiger partial charge on any atom is -0.215 e. The molecule has 0 aromatic carbocycles. The van der Waals surface area contributed by atoms with Gasteiger partial charge in [0.05, 0.1) is 0 Å². The summed E-state index contributed by atoms with van der Waals surface area (Å²) in [6.07, 6.45) is 0. The van der Waals surface area contributed by atoms with Gasteiger partial charge in [0, 0.05) is 0 Å². The molecule has 72 valence electrons. The Morgan fingerprint density at radius 3 is 1.42 bits per heavy atom. The topological polar surface area (TPSA) is 0 Å². The van der Waals surface area contributed by atoms with Crippen LogP contribution in [0.4, 0.5) is 8.78 Å². The number of hydrogen-bond acceptors (Lipinski definition) is 0. The molecule has 0 rings (SSSR count). The fraction of sp³-hybridized carbons (Fsp3) is 0.778. The van der Waals surface area contributed by atoms with Crippen LogP contribution in [0.5, 0.6) is 0 Å². The molecule has 0 aromatic rings. The van der Waals surface area contributed by atoms with Crippen LogP contribution in [-0.4, -0.2) is 8.07 Å². The first-order valence-electron chi connectivity index (χ1n) is 4.56. The van der Waals surface area contributed by atoms with E-state index in [-0.39, 0.29) is 0 Å². The van der Waals surface area contributed by atoms with Gasteiger partial charge in [-0.15, -0.1) is 0 Å². The maximum Gasteiger partial charge on any atom is 0.126 e. The smallest absolute Gasteiger partial charge is 0.126 e. The second kappa shape index (κ2) is 4.75. The van der Waals surface area contributed by atoms with Crippen LogP contribution < -0.4 is 0 Å². The molecule has 0 nitrogen and oxygen atoms in total. The van der Waals surface area contributed by atoms with E-state index >= 15 is 0 Å². The van der Waals surface area contributed by atoms with Gasteiger partial charge in [-0.3, -0.25) is 0 Å². The van der Waals surface area contributed by atoms with Crippen molar-refractivity contribution in [2.75, 3.05) is 0 Å². The van der Waals surface area contributed by atoms with Crippen LogP contribution in [0.25, 0.3) is 0 Å². The zero-order valence-electron chi connectivity index (χ0n) is 8.38. The van der Waals surface area contributed by atoms with Gasteiger partial charge in [0.15, 0.2) is 0 Å². The molecular formula is C9H18F2Si. The fourth-order valence-electron chi connectivity index (χ4n) is 1.58. The van der Waals surface area contributed by atoms with Gasteiger partial charge < -0.3 is 0 Å². The van der Waals surface area contributed by atoms with Crippen LogP contribution in [0, 0.1) is 0 Å². The normalized spacial score (nSPS) is 14.5. The molecule has 0 radical (unpaired) electrons. The third-order valence-electron chi connectivity index (χ3n) is 2.80. The molecule has 0 saturated carbocycles. The molecule has 0 aliphatic rings. The first-order valence-corrected chi connectivity index (χ1v) is 7.18. The SMILES string of the molecule is CC[Si](CC)(CC)/C(F)=C(/C)F. The summed E-state index contributed by atoms with van der Waals surface area (Å²) in [5.41, 5.74) is -0.421. The number of hydrogen-bond donors (Lipinski definition) is 0. The van der Waals surface area contributed by atoms with E-state index in [0.717, 1.165) is 18.1 Å². The van der Waals surface area contributed by atoms with Gasteiger partial charge in [0.2, 0.25) is 0 Å². The van der Waals surface area contributed by atoms with Crippen LogP contribution in [0.1, 0.15) is 27.7 Å². The van der Waals surface area contributed by atoms with Crippen molar-refractivity contribution in [1.29, 1.82) is 0 Å². The Morgan fingerprint density at radius 2 is 1.33 bits per heavy atom. The van der Waals surface area contributed by atoms with Crippen LogP contribution in [0.15, 0.2) is 11.3 Å². The third kappa shape index (κ3) is 2.16. The van der Waals surface area contributed by atoms with Gasteiger partial charge in [-0.05, 0) is 6.92 Å². The lowest BCUT2D eigenvalue weighted by molar-refractivity contribution is 0.562. The zero-order valence-corrected chi connectivity index (χ0v) is 9.38. The standard InChI is InChI=1S/C9H18F2Si/c1-5-12(6-2,7-3)9(11)8(4)10/h5-7H2,1-4H3/b9-8-. The lowest BCUT2D eigenvalue weighted by Crippen LogP contribution is -2.33. The number of rotatable bonds is 4. The molecule has 0 atom stereocenters. The number of allylic oxidation sites excluding steroid dienone is 1. The summed E-state index contributed by atoms with van der Waals surface area (Å²) in [6.45, 7) is 7.10. The highest BCUT2D eigenvalue weighted by molar-refractivity contribution is 6.85. The Kier molecular flexibility index (Phi) is 4.68. The van der Waals surface area contributed by atoms with Crippen molar-refractivity contribution in [3.8, 4) is 0 Å². The predicted molar refractivity (Wildman–Crippen MR) is 52.1 cm³/mol. The minimum atomic E-state index is -2.05. The summed E-state index contributed by atoms with van der Waals surface area (Å²) in [5, 5.41) is 0. The van der Waals surface area contributed by atoms with E-state index in [0.29, 0.717) is 0 Å². The fourth-order valence-corrected chi connectivity index (χ4v) is 4.74. The molecule has 0 aliphatic heterocycles. The molecule has 0 N–H and O–H groups in total. The quantitative estimate of drug-likeness (QED) is 0.585. The van der Waals surface area contributed by atoms with E-state index in [4.69, 9.17) is 0 Å². The highest BCUT2D eigenvalue weighted by Gasteiger charge is 2.34. The van der Waals surface area contributed by atoms with Crippen LogP contribution in [0.3, 0.4) is 0 Å². The van der Waals surface area contributed by atoms with E-state index in [1.54, 1.807) is 0 Å². The molecule has 0 aliphatic carbocycles. The van der Waals surface area contributed by atoms with E-state index in [1.165, 1.54) is 6.92 Å². The molecule has 0 fully saturated rings. The molecule has 0 amide bonds. The summed E-state index contributed by atoms with van der Waals surface area (Å²) >= 11 is 0. The average Bonchev–Trinajstić information content (AvgIpc) is 2.08. The van der Waals surface area contributed by atoms with Crippen molar-refractivity contribution < 1.29 is 8.78 Å². The molecule has 0 heterocycles. The first-order chi connectivity index (χ1) is 5.54.